The first kappa shape index (κ1) is 14.0. The van der Waals surface area contributed by atoms with Gasteiger partial charge in [0.15, 0.2) is 0 Å². The Morgan fingerprint density at radius 3 is 2.56 bits per heavy atom. The second-order valence-electron chi connectivity index (χ2n) is 3.96. The first-order valence-electron chi connectivity index (χ1n) is 5.86. The Morgan fingerprint density at radius 2 is 1.89 bits per heavy atom. The molecule has 0 atom stereocenters. The van der Waals surface area contributed by atoms with Crippen LogP contribution in [0.2, 0.25) is 0 Å². The number of carbonyl (C=O) groups excluding carboxylic acids is 2. The summed E-state index contributed by atoms with van der Waals surface area (Å²) in [6, 6.07) is 7.53. The zero-order valence-corrected chi connectivity index (χ0v) is 10.5. The zero-order valence-electron chi connectivity index (χ0n) is 10.5. The number of hydrogen-bond acceptors (Lipinski definition) is 2. The monoisotopic (exact) mass is 246 g/mol. The number of benzene rings is 1. The van der Waals surface area contributed by atoms with Gasteiger partial charge in [0.05, 0.1) is 0 Å². The van der Waals surface area contributed by atoms with Crippen molar-refractivity contribution in [3.63, 3.8) is 0 Å². The SMILES string of the molecule is C=CCNC(=O)CCC(=O)Nc1ccccc1C. The van der Waals surface area contributed by atoms with E-state index >= 15 is 0 Å². The molecule has 18 heavy (non-hydrogen) atoms. The average Bonchev–Trinajstić information content (AvgIpc) is 2.36. The van der Waals surface area contributed by atoms with Crippen LogP contribution < -0.4 is 10.6 Å². The van der Waals surface area contributed by atoms with Gasteiger partial charge in [-0.25, -0.2) is 0 Å². The Bertz CT molecular complexity index is 441. The van der Waals surface area contributed by atoms with Gasteiger partial charge in [0, 0.05) is 25.1 Å². The predicted molar refractivity (Wildman–Crippen MR) is 72.2 cm³/mol. The van der Waals surface area contributed by atoms with E-state index in [2.05, 4.69) is 17.2 Å². The van der Waals surface area contributed by atoms with Gasteiger partial charge in [-0.3, -0.25) is 9.59 Å². The molecule has 0 heterocycles. The first-order valence-corrected chi connectivity index (χ1v) is 5.86. The van der Waals surface area contributed by atoms with E-state index in [1.54, 1.807) is 6.08 Å². The fourth-order valence-corrected chi connectivity index (χ4v) is 1.43. The van der Waals surface area contributed by atoms with Crippen molar-refractivity contribution in [3.05, 3.63) is 42.5 Å². The molecule has 0 aromatic heterocycles. The van der Waals surface area contributed by atoms with Gasteiger partial charge in [0.25, 0.3) is 0 Å². The van der Waals surface area contributed by atoms with Crippen molar-refractivity contribution < 1.29 is 9.59 Å². The topological polar surface area (TPSA) is 58.2 Å². The number of para-hydroxylation sites is 1. The second-order valence-corrected chi connectivity index (χ2v) is 3.96. The highest BCUT2D eigenvalue weighted by Crippen LogP contribution is 2.13. The van der Waals surface area contributed by atoms with Crippen molar-refractivity contribution in [1.29, 1.82) is 0 Å². The lowest BCUT2D eigenvalue weighted by Crippen LogP contribution is -2.24. The first-order chi connectivity index (χ1) is 8.63. The summed E-state index contributed by atoms with van der Waals surface area (Å²) < 4.78 is 0. The van der Waals surface area contributed by atoms with Crippen LogP contribution in [-0.2, 0) is 9.59 Å². The van der Waals surface area contributed by atoms with Gasteiger partial charge in [0.1, 0.15) is 0 Å². The maximum Gasteiger partial charge on any atom is 0.224 e. The minimum Gasteiger partial charge on any atom is -0.353 e. The molecule has 1 rings (SSSR count). The summed E-state index contributed by atoms with van der Waals surface area (Å²) in [4.78, 5) is 22.9. The summed E-state index contributed by atoms with van der Waals surface area (Å²) in [5.41, 5.74) is 1.79. The molecular formula is C14H18N2O2. The molecule has 0 saturated heterocycles. The molecule has 2 N–H and O–H groups in total. The van der Waals surface area contributed by atoms with Crippen LogP contribution in [0.1, 0.15) is 18.4 Å². The Labute approximate surface area is 107 Å². The van der Waals surface area contributed by atoms with Crippen molar-refractivity contribution in [2.75, 3.05) is 11.9 Å². The van der Waals surface area contributed by atoms with E-state index < -0.39 is 0 Å². The van der Waals surface area contributed by atoms with Gasteiger partial charge >= 0.3 is 0 Å². The van der Waals surface area contributed by atoms with Crippen molar-refractivity contribution in [2.45, 2.75) is 19.8 Å². The lowest BCUT2D eigenvalue weighted by molar-refractivity contribution is -0.124. The van der Waals surface area contributed by atoms with Crippen LogP contribution in [0, 0.1) is 6.92 Å². The van der Waals surface area contributed by atoms with E-state index in [4.69, 9.17) is 0 Å². The lowest BCUT2D eigenvalue weighted by Gasteiger charge is -2.07. The number of hydrogen-bond donors (Lipinski definition) is 2. The van der Waals surface area contributed by atoms with Crippen LogP contribution in [-0.4, -0.2) is 18.4 Å². The molecule has 0 aliphatic carbocycles. The Morgan fingerprint density at radius 1 is 1.22 bits per heavy atom. The number of anilines is 1. The minimum absolute atomic E-state index is 0.144. The Kier molecular flexibility index (Phi) is 5.64. The quantitative estimate of drug-likeness (QED) is 0.754. The van der Waals surface area contributed by atoms with Gasteiger partial charge in [-0.1, -0.05) is 24.3 Å². The minimum atomic E-state index is -0.155. The number of amides is 2. The summed E-state index contributed by atoms with van der Waals surface area (Å²) in [5, 5.41) is 5.41. The number of nitrogens with one attached hydrogen (secondary N) is 2. The molecule has 0 unspecified atom stereocenters. The van der Waals surface area contributed by atoms with E-state index in [9.17, 15) is 9.59 Å². The molecular weight excluding hydrogens is 228 g/mol. The van der Waals surface area contributed by atoms with Gasteiger partial charge in [-0.2, -0.15) is 0 Å². The van der Waals surface area contributed by atoms with Crippen LogP contribution >= 0.6 is 0 Å². The van der Waals surface area contributed by atoms with E-state index in [0.717, 1.165) is 11.3 Å². The molecule has 4 nitrogen and oxygen atoms in total. The summed E-state index contributed by atoms with van der Waals surface area (Å²) in [7, 11) is 0. The third-order valence-corrected chi connectivity index (χ3v) is 2.44. The molecule has 2 amide bonds. The molecule has 1 aromatic rings. The summed E-state index contributed by atoms with van der Waals surface area (Å²) in [6.45, 7) is 5.85. The fourth-order valence-electron chi connectivity index (χ4n) is 1.43. The molecule has 0 fully saturated rings. The number of aryl methyl sites for hydroxylation is 1. The summed E-state index contributed by atoms with van der Waals surface area (Å²) >= 11 is 0. The highest BCUT2D eigenvalue weighted by atomic mass is 16.2. The van der Waals surface area contributed by atoms with Crippen molar-refractivity contribution in [1.82, 2.24) is 5.32 Å². The van der Waals surface area contributed by atoms with Gasteiger partial charge < -0.3 is 10.6 Å². The van der Waals surface area contributed by atoms with Gasteiger partial charge in [-0.05, 0) is 18.6 Å². The van der Waals surface area contributed by atoms with Crippen molar-refractivity contribution >= 4 is 17.5 Å². The highest BCUT2D eigenvalue weighted by Gasteiger charge is 2.07. The predicted octanol–water partition coefficient (Wildman–Crippen LogP) is 2.02. The van der Waals surface area contributed by atoms with Crippen LogP contribution in [0.25, 0.3) is 0 Å². The smallest absolute Gasteiger partial charge is 0.224 e. The van der Waals surface area contributed by atoms with Crippen LogP contribution in [0.5, 0.6) is 0 Å². The highest BCUT2D eigenvalue weighted by molar-refractivity contribution is 5.93. The third kappa shape index (κ3) is 4.82. The molecule has 96 valence electrons. The van der Waals surface area contributed by atoms with E-state index in [1.807, 2.05) is 31.2 Å². The molecule has 0 aliphatic rings. The van der Waals surface area contributed by atoms with E-state index in [1.165, 1.54) is 0 Å². The Hall–Kier alpha value is -2.10. The van der Waals surface area contributed by atoms with Crippen LogP contribution in [0.15, 0.2) is 36.9 Å². The maximum absolute atomic E-state index is 11.6. The van der Waals surface area contributed by atoms with Crippen LogP contribution in [0.4, 0.5) is 5.69 Å². The van der Waals surface area contributed by atoms with Gasteiger partial charge in [-0.15, -0.1) is 6.58 Å². The molecule has 0 aliphatic heterocycles. The average molecular weight is 246 g/mol. The largest absolute Gasteiger partial charge is 0.353 e. The zero-order chi connectivity index (χ0) is 13.4. The normalized spacial score (nSPS) is 9.61. The van der Waals surface area contributed by atoms with E-state index in [-0.39, 0.29) is 24.7 Å². The number of carbonyl (C=O) groups is 2. The molecule has 1 aromatic carbocycles. The molecule has 0 spiro atoms. The summed E-state index contributed by atoms with van der Waals surface area (Å²) in [5.74, 6) is -0.298. The molecule has 0 saturated carbocycles. The van der Waals surface area contributed by atoms with E-state index in [0.29, 0.717) is 6.54 Å². The molecule has 4 heteroatoms. The van der Waals surface area contributed by atoms with Crippen molar-refractivity contribution in [3.8, 4) is 0 Å². The molecule has 0 radical (unpaired) electrons. The Balaban J connectivity index is 2.36. The molecule has 0 bridgehead atoms. The standard InChI is InChI=1S/C14H18N2O2/c1-3-10-15-13(17)8-9-14(18)16-12-7-5-4-6-11(12)2/h3-7H,1,8-10H2,2H3,(H,15,17)(H,16,18). The van der Waals surface area contributed by atoms with Crippen molar-refractivity contribution in [2.24, 2.45) is 0 Å². The lowest BCUT2D eigenvalue weighted by atomic mass is 10.2. The number of rotatable bonds is 6. The van der Waals surface area contributed by atoms with Gasteiger partial charge in [0.2, 0.25) is 11.8 Å². The van der Waals surface area contributed by atoms with Crippen LogP contribution in [0.3, 0.4) is 0 Å². The second kappa shape index (κ2) is 7.27. The third-order valence-electron chi connectivity index (χ3n) is 2.44. The maximum atomic E-state index is 11.6. The fraction of sp³-hybridized carbons (Fsp3) is 0.286. The summed E-state index contributed by atoms with van der Waals surface area (Å²) in [6.07, 6.45) is 1.97.